The number of ether oxygens (including phenoxy) is 2. The fourth-order valence-corrected chi connectivity index (χ4v) is 4.85. The van der Waals surface area contributed by atoms with Crippen molar-refractivity contribution in [1.29, 1.82) is 0 Å². The lowest BCUT2D eigenvalue weighted by Gasteiger charge is -2.39. The standard InChI is InChI=1S/C31H50N2O5/c1-6-7-8-9-10-11-12-13-20-38-28(34)23-26-29(35)32-18-19-33(26)30(36)31(4,5)17-14-21-37-27-22-24(2)15-16-25(27)3/h15-16,22,26H,6-14,17-21,23H2,1-5H3,(H,32,35). The monoisotopic (exact) mass is 530 g/mol. The smallest absolute Gasteiger partial charge is 0.308 e. The number of rotatable bonds is 17. The number of esters is 1. The topological polar surface area (TPSA) is 84.9 Å². The van der Waals surface area contributed by atoms with Crippen molar-refractivity contribution in [3.8, 4) is 5.75 Å². The molecular weight excluding hydrogens is 480 g/mol. The summed E-state index contributed by atoms with van der Waals surface area (Å²) in [5.74, 6) is 0.0440. The first kappa shape index (κ1) is 31.6. The number of benzene rings is 1. The third-order valence-corrected chi connectivity index (χ3v) is 7.34. The number of amides is 2. The molecule has 1 atom stereocenters. The van der Waals surface area contributed by atoms with E-state index in [1.54, 1.807) is 4.90 Å². The van der Waals surface area contributed by atoms with Gasteiger partial charge in [-0.25, -0.2) is 0 Å². The van der Waals surface area contributed by atoms with E-state index >= 15 is 0 Å². The van der Waals surface area contributed by atoms with Crippen LogP contribution < -0.4 is 10.1 Å². The molecule has 7 nitrogen and oxygen atoms in total. The number of carbonyl (C=O) groups excluding carboxylic acids is 3. The van der Waals surface area contributed by atoms with Gasteiger partial charge in [-0.1, -0.05) is 77.8 Å². The number of nitrogens with one attached hydrogen (secondary N) is 1. The van der Waals surface area contributed by atoms with E-state index in [0.29, 0.717) is 39.1 Å². The second-order valence-electron chi connectivity index (χ2n) is 11.3. The molecule has 1 aromatic rings. The number of hydrogen-bond acceptors (Lipinski definition) is 5. The van der Waals surface area contributed by atoms with Crippen LogP contribution in [-0.2, 0) is 19.1 Å². The molecule has 1 heterocycles. The van der Waals surface area contributed by atoms with Crippen LogP contribution in [0.2, 0.25) is 0 Å². The highest BCUT2D eigenvalue weighted by molar-refractivity contribution is 5.93. The molecule has 0 aromatic heterocycles. The van der Waals surface area contributed by atoms with E-state index in [4.69, 9.17) is 9.47 Å². The molecule has 1 N–H and O–H groups in total. The van der Waals surface area contributed by atoms with Crippen LogP contribution in [0.1, 0.15) is 103 Å². The highest BCUT2D eigenvalue weighted by atomic mass is 16.5. The molecule has 1 fully saturated rings. The van der Waals surface area contributed by atoms with Crippen molar-refractivity contribution in [3.63, 3.8) is 0 Å². The maximum Gasteiger partial charge on any atom is 0.308 e. The average Bonchev–Trinajstić information content (AvgIpc) is 2.88. The molecular formula is C31H50N2O5. The zero-order valence-electron chi connectivity index (χ0n) is 24.4. The molecule has 38 heavy (non-hydrogen) atoms. The minimum atomic E-state index is -0.826. The molecule has 1 aromatic carbocycles. The Morgan fingerprint density at radius 3 is 2.39 bits per heavy atom. The normalized spacial score (nSPS) is 15.8. The maximum atomic E-state index is 13.5. The van der Waals surface area contributed by atoms with Crippen molar-refractivity contribution >= 4 is 17.8 Å². The largest absolute Gasteiger partial charge is 0.493 e. The Hall–Kier alpha value is -2.57. The molecule has 2 rings (SSSR count). The van der Waals surface area contributed by atoms with E-state index in [2.05, 4.69) is 18.3 Å². The van der Waals surface area contributed by atoms with Crippen molar-refractivity contribution in [1.82, 2.24) is 10.2 Å². The number of nitrogens with zero attached hydrogens (tertiary/aromatic N) is 1. The zero-order chi connectivity index (χ0) is 28.0. The molecule has 2 amide bonds. The minimum Gasteiger partial charge on any atom is -0.493 e. The lowest BCUT2D eigenvalue weighted by Crippen LogP contribution is -2.60. The van der Waals surface area contributed by atoms with Crippen molar-refractivity contribution in [2.24, 2.45) is 5.41 Å². The van der Waals surface area contributed by atoms with Crippen LogP contribution >= 0.6 is 0 Å². The molecule has 1 aliphatic heterocycles. The quantitative estimate of drug-likeness (QED) is 0.201. The van der Waals surface area contributed by atoms with Gasteiger partial charge in [-0.3, -0.25) is 14.4 Å². The van der Waals surface area contributed by atoms with E-state index in [1.807, 2.05) is 39.8 Å². The third kappa shape index (κ3) is 10.7. The SMILES string of the molecule is CCCCCCCCCCOC(=O)CC1C(=O)NCCN1C(=O)C(C)(C)CCCOc1cc(C)ccc1C. The molecule has 0 aliphatic carbocycles. The molecule has 214 valence electrons. The molecule has 1 unspecified atom stereocenters. The Morgan fingerprint density at radius 1 is 1.00 bits per heavy atom. The number of aryl methyl sites for hydroxylation is 2. The van der Waals surface area contributed by atoms with Crippen LogP contribution in [0.5, 0.6) is 5.75 Å². The number of carbonyl (C=O) groups is 3. The summed E-state index contributed by atoms with van der Waals surface area (Å²) in [6, 6.07) is 5.30. The summed E-state index contributed by atoms with van der Waals surface area (Å²) in [5, 5.41) is 2.80. The lowest BCUT2D eigenvalue weighted by molar-refractivity contribution is -0.155. The summed E-state index contributed by atoms with van der Waals surface area (Å²) in [7, 11) is 0. The second kappa shape index (κ2) is 16.4. The Balaban J connectivity index is 1.79. The van der Waals surface area contributed by atoms with E-state index < -0.39 is 17.4 Å². The summed E-state index contributed by atoms with van der Waals surface area (Å²) < 4.78 is 11.4. The van der Waals surface area contributed by atoms with Crippen molar-refractivity contribution in [2.45, 2.75) is 111 Å². The first-order valence-electron chi connectivity index (χ1n) is 14.6. The average molecular weight is 531 g/mol. The van der Waals surface area contributed by atoms with Gasteiger partial charge in [-0.05, 0) is 50.3 Å². The summed E-state index contributed by atoms with van der Waals surface area (Å²) in [4.78, 5) is 40.2. The molecule has 0 spiro atoms. The zero-order valence-corrected chi connectivity index (χ0v) is 24.4. The summed E-state index contributed by atoms with van der Waals surface area (Å²) in [6.45, 7) is 11.7. The molecule has 0 radical (unpaired) electrons. The number of hydrogen-bond donors (Lipinski definition) is 1. The Labute approximate surface area is 230 Å². The van der Waals surface area contributed by atoms with E-state index in [1.165, 1.54) is 32.1 Å². The fraction of sp³-hybridized carbons (Fsp3) is 0.710. The lowest BCUT2D eigenvalue weighted by atomic mass is 9.85. The molecule has 1 aliphatic rings. The van der Waals surface area contributed by atoms with Gasteiger partial charge < -0.3 is 19.7 Å². The summed E-state index contributed by atoms with van der Waals surface area (Å²) >= 11 is 0. The van der Waals surface area contributed by atoms with Crippen LogP contribution in [0.3, 0.4) is 0 Å². The number of unbranched alkanes of at least 4 members (excludes halogenated alkanes) is 7. The molecule has 1 saturated heterocycles. The van der Waals surface area contributed by atoms with Gasteiger partial charge in [0.25, 0.3) is 0 Å². The minimum absolute atomic E-state index is 0.111. The van der Waals surface area contributed by atoms with Crippen LogP contribution in [0, 0.1) is 19.3 Å². The predicted molar refractivity (Wildman–Crippen MR) is 151 cm³/mol. The summed E-state index contributed by atoms with van der Waals surface area (Å²) in [5.41, 5.74) is 1.55. The van der Waals surface area contributed by atoms with Crippen molar-refractivity contribution < 1.29 is 23.9 Å². The maximum absolute atomic E-state index is 13.5. The van der Waals surface area contributed by atoms with Crippen LogP contribution in [0.15, 0.2) is 18.2 Å². The molecule has 7 heteroatoms. The van der Waals surface area contributed by atoms with Gasteiger partial charge in [0.2, 0.25) is 11.8 Å². The van der Waals surface area contributed by atoms with Gasteiger partial charge in [0.1, 0.15) is 11.8 Å². The summed E-state index contributed by atoms with van der Waals surface area (Å²) in [6.07, 6.45) is 10.6. The Kier molecular flexibility index (Phi) is 13.7. The van der Waals surface area contributed by atoms with Crippen LogP contribution in [-0.4, -0.2) is 55.0 Å². The first-order chi connectivity index (χ1) is 18.2. The Bertz CT molecular complexity index is 898. The molecule has 0 bridgehead atoms. The van der Waals surface area contributed by atoms with E-state index in [-0.39, 0.29) is 18.2 Å². The van der Waals surface area contributed by atoms with Gasteiger partial charge >= 0.3 is 5.97 Å². The first-order valence-corrected chi connectivity index (χ1v) is 14.6. The number of piperazine rings is 1. The highest BCUT2D eigenvalue weighted by Gasteiger charge is 2.40. The van der Waals surface area contributed by atoms with Crippen LogP contribution in [0.4, 0.5) is 0 Å². The van der Waals surface area contributed by atoms with E-state index in [0.717, 1.165) is 36.1 Å². The Morgan fingerprint density at radius 2 is 1.68 bits per heavy atom. The van der Waals surface area contributed by atoms with Gasteiger partial charge in [-0.2, -0.15) is 0 Å². The second-order valence-corrected chi connectivity index (χ2v) is 11.3. The van der Waals surface area contributed by atoms with Crippen molar-refractivity contribution in [3.05, 3.63) is 29.3 Å². The predicted octanol–water partition coefficient (Wildman–Crippen LogP) is 5.89. The highest BCUT2D eigenvalue weighted by Crippen LogP contribution is 2.28. The van der Waals surface area contributed by atoms with Crippen molar-refractivity contribution in [2.75, 3.05) is 26.3 Å². The van der Waals surface area contributed by atoms with E-state index in [9.17, 15) is 14.4 Å². The van der Waals surface area contributed by atoms with Gasteiger partial charge in [0.05, 0.1) is 19.6 Å². The fourth-order valence-electron chi connectivity index (χ4n) is 4.85. The van der Waals surface area contributed by atoms with Gasteiger partial charge in [0.15, 0.2) is 0 Å². The van der Waals surface area contributed by atoms with Crippen LogP contribution in [0.25, 0.3) is 0 Å². The molecule has 0 saturated carbocycles. The van der Waals surface area contributed by atoms with Gasteiger partial charge in [-0.15, -0.1) is 0 Å². The third-order valence-electron chi connectivity index (χ3n) is 7.34. The van der Waals surface area contributed by atoms with Gasteiger partial charge in [0, 0.05) is 18.5 Å².